The first kappa shape index (κ1) is 23.7. The average Bonchev–Trinajstić information content (AvgIpc) is 3.16. The Labute approximate surface area is 201 Å². The molecule has 2 aromatic carbocycles. The zero-order valence-electron chi connectivity index (χ0n) is 20.1. The monoisotopic (exact) mass is 462 g/mol. The van der Waals surface area contributed by atoms with Gasteiger partial charge in [0.25, 0.3) is 0 Å². The standard InChI is InChI=1S/C27H34N4OS/c1-5-31-17-15-27(16-18-31)29-24(20-11-13-21(14-12-20)26(2,3)4)25(30-27)33-19-23(32)28-22-9-7-6-8-10-22/h6-14H,5,15-19H2,1-4H3,(H,28,32). The van der Waals surface area contributed by atoms with E-state index in [0.717, 1.165) is 54.5 Å². The molecule has 174 valence electrons. The van der Waals surface area contributed by atoms with Crippen molar-refractivity contribution >= 4 is 34.1 Å². The van der Waals surface area contributed by atoms with Gasteiger partial charge in [0.2, 0.25) is 5.91 Å². The second kappa shape index (κ2) is 9.82. The number of amides is 1. The first-order valence-electron chi connectivity index (χ1n) is 11.8. The van der Waals surface area contributed by atoms with Gasteiger partial charge in [-0.3, -0.25) is 9.79 Å². The van der Waals surface area contributed by atoms with Gasteiger partial charge in [-0.25, -0.2) is 4.99 Å². The van der Waals surface area contributed by atoms with Gasteiger partial charge in [-0.15, -0.1) is 0 Å². The number of thioether (sulfide) groups is 1. The third-order valence-electron chi connectivity index (χ3n) is 6.36. The molecule has 33 heavy (non-hydrogen) atoms. The molecule has 5 nitrogen and oxygen atoms in total. The molecule has 1 spiro atoms. The normalized spacial score (nSPS) is 18.2. The van der Waals surface area contributed by atoms with E-state index in [9.17, 15) is 4.79 Å². The molecule has 0 atom stereocenters. The summed E-state index contributed by atoms with van der Waals surface area (Å²) in [4.78, 5) is 25.3. The van der Waals surface area contributed by atoms with E-state index in [1.54, 1.807) is 0 Å². The lowest BCUT2D eigenvalue weighted by Gasteiger charge is -2.34. The molecule has 0 aromatic heterocycles. The lowest BCUT2D eigenvalue weighted by molar-refractivity contribution is -0.113. The van der Waals surface area contributed by atoms with Crippen LogP contribution >= 0.6 is 11.8 Å². The Bertz CT molecular complexity index is 1030. The van der Waals surface area contributed by atoms with Crippen LogP contribution in [0.25, 0.3) is 0 Å². The van der Waals surface area contributed by atoms with Crippen molar-refractivity contribution in [3.63, 3.8) is 0 Å². The number of benzene rings is 2. The molecule has 0 bridgehead atoms. The van der Waals surface area contributed by atoms with E-state index in [1.807, 2.05) is 30.3 Å². The molecule has 2 aromatic rings. The number of anilines is 1. The summed E-state index contributed by atoms with van der Waals surface area (Å²) in [5, 5.41) is 3.85. The molecule has 0 saturated carbocycles. The second-order valence-electron chi connectivity index (χ2n) is 9.82. The highest BCUT2D eigenvalue weighted by Gasteiger charge is 2.39. The van der Waals surface area contributed by atoms with Crippen LogP contribution < -0.4 is 5.32 Å². The quantitative estimate of drug-likeness (QED) is 0.650. The van der Waals surface area contributed by atoms with Crippen molar-refractivity contribution < 1.29 is 4.79 Å². The molecular formula is C27H34N4OS. The van der Waals surface area contributed by atoms with Gasteiger partial charge in [-0.1, -0.05) is 81.9 Å². The molecule has 2 aliphatic heterocycles. The van der Waals surface area contributed by atoms with E-state index < -0.39 is 0 Å². The lowest BCUT2D eigenvalue weighted by atomic mass is 9.86. The summed E-state index contributed by atoms with van der Waals surface area (Å²) in [5.41, 5.74) is 3.83. The van der Waals surface area contributed by atoms with Crippen LogP contribution in [0.1, 0.15) is 51.7 Å². The third-order valence-corrected chi connectivity index (χ3v) is 7.32. The molecule has 6 heteroatoms. The van der Waals surface area contributed by atoms with Crippen LogP contribution in [-0.2, 0) is 10.2 Å². The van der Waals surface area contributed by atoms with Gasteiger partial charge in [-0.2, -0.15) is 0 Å². The number of likely N-dealkylation sites (tertiary alicyclic amines) is 1. The van der Waals surface area contributed by atoms with E-state index >= 15 is 0 Å². The summed E-state index contributed by atoms with van der Waals surface area (Å²) >= 11 is 1.49. The molecular weight excluding hydrogens is 428 g/mol. The molecule has 2 aliphatic rings. The molecule has 1 fully saturated rings. The third kappa shape index (κ3) is 5.74. The number of aliphatic imine (C=N–C) groups is 2. The smallest absolute Gasteiger partial charge is 0.234 e. The van der Waals surface area contributed by atoms with Crippen molar-refractivity contribution in [2.75, 3.05) is 30.7 Å². The average molecular weight is 463 g/mol. The highest BCUT2D eigenvalue weighted by molar-refractivity contribution is 8.16. The molecule has 4 rings (SSSR count). The van der Waals surface area contributed by atoms with Crippen LogP contribution in [0.4, 0.5) is 5.69 Å². The maximum Gasteiger partial charge on any atom is 0.234 e. The van der Waals surface area contributed by atoms with E-state index in [1.165, 1.54) is 17.3 Å². The maximum atomic E-state index is 12.6. The Balaban J connectivity index is 1.54. The summed E-state index contributed by atoms with van der Waals surface area (Å²) in [6.07, 6.45) is 1.84. The number of carbonyl (C=O) groups is 1. The Morgan fingerprint density at radius 3 is 2.30 bits per heavy atom. The first-order valence-corrected chi connectivity index (χ1v) is 12.8. The van der Waals surface area contributed by atoms with Gasteiger partial charge >= 0.3 is 0 Å². The van der Waals surface area contributed by atoms with Crippen molar-refractivity contribution in [2.45, 2.75) is 51.6 Å². The number of hydrogen-bond acceptors (Lipinski definition) is 5. The predicted molar refractivity (Wildman–Crippen MR) is 141 cm³/mol. The van der Waals surface area contributed by atoms with Crippen LogP contribution in [0.15, 0.2) is 64.6 Å². The van der Waals surface area contributed by atoms with Gasteiger partial charge in [-0.05, 0) is 29.7 Å². The van der Waals surface area contributed by atoms with E-state index in [4.69, 9.17) is 9.98 Å². The van der Waals surface area contributed by atoms with Crippen LogP contribution in [0.3, 0.4) is 0 Å². The maximum absolute atomic E-state index is 12.6. The first-order chi connectivity index (χ1) is 15.8. The molecule has 0 radical (unpaired) electrons. The second-order valence-corrected chi connectivity index (χ2v) is 10.8. The number of para-hydroxylation sites is 1. The fourth-order valence-electron chi connectivity index (χ4n) is 4.24. The predicted octanol–water partition coefficient (Wildman–Crippen LogP) is 5.37. The molecule has 1 N–H and O–H groups in total. The minimum Gasteiger partial charge on any atom is -0.325 e. The number of piperidine rings is 1. The number of carbonyl (C=O) groups excluding carboxylic acids is 1. The van der Waals surface area contributed by atoms with Crippen molar-refractivity contribution in [2.24, 2.45) is 9.98 Å². The van der Waals surface area contributed by atoms with Crippen LogP contribution in [0.5, 0.6) is 0 Å². The summed E-state index contributed by atoms with van der Waals surface area (Å²) in [7, 11) is 0. The van der Waals surface area contributed by atoms with Crippen LogP contribution in [0, 0.1) is 0 Å². The zero-order chi connectivity index (χ0) is 23.5. The number of nitrogens with zero attached hydrogens (tertiary/aromatic N) is 3. The summed E-state index contributed by atoms with van der Waals surface area (Å²) in [5.74, 6) is 0.280. The molecule has 1 amide bonds. The van der Waals surface area contributed by atoms with Gasteiger partial charge in [0.05, 0.1) is 11.5 Å². The largest absolute Gasteiger partial charge is 0.325 e. The molecule has 1 saturated heterocycles. The Kier molecular flexibility index (Phi) is 7.05. The number of rotatable bonds is 5. The lowest BCUT2D eigenvalue weighted by Crippen LogP contribution is -2.41. The summed E-state index contributed by atoms with van der Waals surface area (Å²) in [6, 6.07) is 18.3. The summed E-state index contributed by atoms with van der Waals surface area (Å²) in [6.45, 7) is 11.9. The van der Waals surface area contributed by atoms with E-state index in [2.05, 4.69) is 62.2 Å². The topological polar surface area (TPSA) is 57.1 Å². The van der Waals surface area contributed by atoms with Gasteiger partial charge in [0.1, 0.15) is 5.04 Å². The highest BCUT2D eigenvalue weighted by atomic mass is 32.2. The van der Waals surface area contributed by atoms with Crippen molar-refractivity contribution in [3.05, 3.63) is 65.7 Å². The number of nitrogens with one attached hydrogen (secondary N) is 1. The minimum absolute atomic E-state index is 0.0296. The molecule has 2 heterocycles. The minimum atomic E-state index is -0.387. The Hall–Kier alpha value is -2.44. The number of hydrogen-bond donors (Lipinski definition) is 1. The Morgan fingerprint density at radius 1 is 1.03 bits per heavy atom. The van der Waals surface area contributed by atoms with E-state index in [-0.39, 0.29) is 17.0 Å². The SMILES string of the molecule is CCN1CCC2(CC1)N=C(SCC(=O)Nc1ccccc1)C(c1ccc(C(C)(C)C)cc1)=N2. The van der Waals surface area contributed by atoms with Crippen molar-refractivity contribution in [3.8, 4) is 0 Å². The van der Waals surface area contributed by atoms with Crippen LogP contribution in [0.2, 0.25) is 0 Å². The highest BCUT2D eigenvalue weighted by Crippen LogP contribution is 2.36. The van der Waals surface area contributed by atoms with Gasteiger partial charge in [0.15, 0.2) is 5.66 Å². The van der Waals surface area contributed by atoms with E-state index in [0.29, 0.717) is 5.75 Å². The molecule has 0 unspecified atom stereocenters. The van der Waals surface area contributed by atoms with Gasteiger partial charge < -0.3 is 10.2 Å². The fourth-order valence-corrected chi connectivity index (χ4v) is 5.12. The summed E-state index contributed by atoms with van der Waals surface area (Å²) < 4.78 is 0. The Morgan fingerprint density at radius 2 is 1.70 bits per heavy atom. The van der Waals surface area contributed by atoms with Crippen LogP contribution in [-0.4, -0.2) is 52.6 Å². The molecule has 0 aliphatic carbocycles. The van der Waals surface area contributed by atoms with Gasteiger partial charge in [0, 0.05) is 37.2 Å². The van der Waals surface area contributed by atoms with Crippen molar-refractivity contribution in [1.29, 1.82) is 0 Å². The zero-order valence-corrected chi connectivity index (χ0v) is 20.9. The van der Waals surface area contributed by atoms with Crippen molar-refractivity contribution in [1.82, 2.24) is 4.90 Å². The fraction of sp³-hybridized carbons (Fsp3) is 0.444.